The van der Waals surface area contributed by atoms with E-state index in [-0.39, 0.29) is 6.01 Å². The number of aliphatic hydroxyl groups excluding tert-OH is 1. The topological polar surface area (TPSA) is 73.1 Å². The molecule has 1 atom stereocenters. The van der Waals surface area contributed by atoms with Crippen LogP contribution >= 0.6 is 0 Å². The van der Waals surface area contributed by atoms with Crippen LogP contribution < -0.4 is 4.74 Å². The highest BCUT2D eigenvalue weighted by Gasteiger charge is 2.07. The number of aromatic nitrogens is 4. The summed E-state index contributed by atoms with van der Waals surface area (Å²) in [6, 6.07) is 13.3. The van der Waals surface area contributed by atoms with E-state index in [0.29, 0.717) is 11.4 Å². The molecule has 1 unspecified atom stereocenters. The van der Waals surface area contributed by atoms with Crippen molar-refractivity contribution in [1.82, 2.24) is 19.7 Å². The van der Waals surface area contributed by atoms with E-state index in [1.807, 2.05) is 30.3 Å². The van der Waals surface area contributed by atoms with Gasteiger partial charge in [-0.1, -0.05) is 18.2 Å². The summed E-state index contributed by atoms with van der Waals surface area (Å²) in [7, 11) is 0. The van der Waals surface area contributed by atoms with E-state index < -0.39 is 6.10 Å². The van der Waals surface area contributed by atoms with Gasteiger partial charge in [-0.3, -0.25) is 4.98 Å². The van der Waals surface area contributed by atoms with Crippen LogP contribution in [0, 0.1) is 0 Å². The molecular weight excluding hydrogens is 268 g/mol. The average molecular weight is 282 g/mol. The molecule has 21 heavy (non-hydrogen) atoms. The van der Waals surface area contributed by atoms with Crippen molar-refractivity contribution in [2.24, 2.45) is 0 Å². The van der Waals surface area contributed by atoms with Crippen molar-refractivity contribution in [2.75, 3.05) is 0 Å². The minimum Gasteiger partial charge on any atom is -0.422 e. The van der Waals surface area contributed by atoms with Gasteiger partial charge in [0.25, 0.3) is 0 Å². The Morgan fingerprint density at radius 3 is 2.57 bits per heavy atom. The van der Waals surface area contributed by atoms with Gasteiger partial charge < -0.3 is 9.84 Å². The molecule has 2 heterocycles. The number of pyridine rings is 1. The zero-order valence-corrected chi connectivity index (χ0v) is 11.4. The molecule has 6 heteroatoms. The van der Waals surface area contributed by atoms with Crippen LogP contribution in [0.2, 0.25) is 0 Å². The molecule has 0 saturated carbocycles. The van der Waals surface area contributed by atoms with Crippen molar-refractivity contribution in [2.45, 2.75) is 13.0 Å². The van der Waals surface area contributed by atoms with E-state index in [0.717, 1.165) is 5.69 Å². The molecule has 0 bridgehead atoms. The molecule has 0 radical (unpaired) electrons. The molecule has 106 valence electrons. The minimum atomic E-state index is -0.602. The van der Waals surface area contributed by atoms with E-state index >= 15 is 0 Å². The van der Waals surface area contributed by atoms with Crippen LogP contribution in [0.1, 0.15) is 18.7 Å². The Morgan fingerprint density at radius 1 is 1.10 bits per heavy atom. The van der Waals surface area contributed by atoms with Crippen molar-refractivity contribution in [3.8, 4) is 17.4 Å². The Labute approximate surface area is 121 Å². The summed E-state index contributed by atoms with van der Waals surface area (Å²) < 4.78 is 7.16. The molecule has 1 aromatic carbocycles. The predicted molar refractivity (Wildman–Crippen MR) is 76.3 cm³/mol. The first kappa shape index (κ1) is 13.3. The maximum atomic E-state index is 9.40. The van der Waals surface area contributed by atoms with Crippen LogP contribution in [0.25, 0.3) is 5.69 Å². The second kappa shape index (κ2) is 5.72. The summed E-state index contributed by atoms with van der Waals surface area (Å²) in [4.78, 5) is 8.20. The number of hydrogen-bond acceptors (Lipinski definition) is 5. The maximum Gasteiger partial charge on any atom is 0.341 e. The van der Waals surface area contributed by atoms with Gasteiger partial charge in [-0.05, 0) is 31.2 Å². The first-order valence-corrected chi connectivity index (χ1v) is 6.51. The van der Waals surface area contributed by atoms with Crippen molar-refractivity contribution in [3.63, 3.8) is 0 Å². The van der Waals surface area contributed by atoms with E-state index in [1.165, 1.54) is 6.20 Å². The zero-order valence-electron chi connectivity index (χ0n) is 11.4. The number of aliphatic hydroxyl groups is 1. The van der Waals surface area contributed by atoms with Gasteiger partial charge in [0.05, 0.1) is 23.7 Å². The van der Waals surface area contributed by atoms with Crippen LogP contribution in [-0.4, -0.2) is 24.9 Å². The Kier molecular flexibility index (Phi) is 3.61. The smallest absolute Gasteiger partial charge is 0.341 e. The fourth-order valence-electron chi connectivity index (χ4n) is 1.80. The van der Waals surface area contributed by atoms with Crippen molar-refractivity contribution < 1.29 is 9.84 Å². The fraction of sp³-hybridized carbons (Fsp3) is 0.133. The molecule has 0 spiro atoms. The lowest BCUT2D eigenvalue weighted by atomic mass is 10.2. The molecule has 6 nitrogen and oxygen atoms in total. The number of ether oxygens (including phenoxy) is 1. The normalized spacial score (nSPS) is 12.1. The molecule has 0 amide bonds. The first-order valence-electron chi connectivity index (χ1n) is 6.51. The largest absolute Gasteiger partial charge is 0.422 e. The molecule has 0 saturated heterocycles. The van der Waals surface area contributed by atoms with Crippen LogP contribution in [0.4, 0.5) is 0 Å². The third-order valence-corrected chi connectivity index (χ3v) is 2.89. The van der Waals surface area contributed by atoms with Crippen molar-refractivity contribution in [3.05, 3.63) is 60.7 Å². The monoisotopic (exact) mass is 282 g/mol. The first-order chi connectivity index (χ1) is 10.2. The summed E-state index contributed by atoms with van der Waals surface area (Å²) in [6.07, 6.45) is 2.52. The SMILES string of the molecule is CC(O)c1ccc(Oc2ncn(-c3ccccc3)n2)cn1. The van der Waals surface area contributed by atoms with Gasteiger partial charge in [-0.2, -0.15) is 4.98 Å². The van der Waals surface area contributed by atoms with Gasteiger partial charge in [0.2, 0.25) is 0 Å². The second-order valence-corrected chi connectivity index (χ2v) is 4.50. The van der Waals surface area contributed by atoms with Crippen molar-refractivity contribution >= 4 is 0 Å². The summed E-state index contributed by atoms with van der Waals surface area (Å²) in [5, 5.41) is 13.6. The Bertz CT molecular complexity index is 708. The molecule has 2 aromatic heterocycles. The second-order valence-electron chi connectivity index (χ2n) is 4.50. The lowest BCUT2D eigenvalue weighted by molar-refractivity contribution is 0.194. The van der Waals surface area contributed by atoms with Gasteiger partial charge in [0, 0.05) is 0 Å². The number of hydrogen-bond donors (Lipinski definition) is 1. The Hall–Kier alpha value is -2.73. The third kappa shape index (κ3) is 3.06. The predicted octanol–water partition coefficient (Wildman–Crippen LogP) is 2.51. The quantitative estimate of drug-likeness (QED) is 0.796. The maximum absolute atomic E-state index is 9.40. The Morgan fingerprint density at radius 2 is 1.90 bits per heavy atom. The summed E-state index contributed by atoms with van der Waals surface area (Å²) in [5.41, 5.74) is 1.49. The van der Waals surface area contributed by atoms with Crippen molar-refractivity contribution in [1.29, 1.82) is 0 Å². The zero-order chi connectivity index (χ0) is 14.7. The highest BCUT2D eigenvalue weighted by atomic mass is 16.5. The van der Waals surface area contributed by atoms with E-state index in [2.05, 4.69) is 15.1 Å². The molecule has 0 aliphatic rings. The number of nitrogens with zero attached hydrogens (tertiary/aromatic N) is 4. The lowest BCUT2D eigenvalue weighted by Gasteiger charge is -2.04. The van der Waals surface area contributed by atoms with Crippen LogP contribution in [-0.2, 0) is 0 Å². The fourth-order valence-corrected chi connectivity index (χ4v) is 1.80. The molecule has 3 aromatic rings. The molecule has 0 aliphatic carbocycles. The molecule has 0 fully saturated rings. The number of benzene rings is 1. The van der Waals surface area contributed by atoms with Gasteiger partial charge in [0.15, 0.2) is 0 Å². The standard InChI is InChI=1S/C15H14N4O2/c1-11(20)14-8-7-13(9-16-14)21-15-17-10-19(18-15)12-5-3-2-4-6-12/h2-11,20H,1H3. The molecular formula is C15H14N4O2. The molecule has 0 aliphatic heterocycles. The summed E-state index contributed by atoms with van der Waals surface area (Å²) >= 11 is 0. The van der Waals surface area contributed by atoms with Gasteiger partial charge >= 0.3 is 6.01 Å². The lowest BCUT2D eigenvalue weighted by Crippen LogP contribution is -1.96. The third-order valence-electron chi connectivity index (χ3n) is 2.89. The van der Waals surface area contributed by atoms with Gasteiger partial charge in [-0.25, -0.2) is 4.68 Å². The van der Waals surface area contributed by atoms with E-state index in [4.69, 9.17) is 4.74 Å². The molecule has 3 rings (SSSR count). The van der Waals surface area contributed by atoms with E-state index in [9.17, 15) is 5.11 Å². The van der Waals surface area contributed by atoms with Gasteiger partial charge in [-0.15, -0.1) is 5.10 Å². The minimum absolute atomic E-state index is 0.241. The van der Waals surface area contributed by atoms with Crippen LogP contribution in [0.15, 0.2) is 55.0 Å². The Balaban J connectivity index is 1.75. The highest BCUT2D eigenvalue weighted by molar-refractivity contribution is 5.30. The summed E-state index contributed by atoms with van der Waals surface area (Å²) in [5.74, 6) is 0.519. The van der Waals surface area contributed by atoms with Crippen LogP contribution in [0.3, 0.4) is 0 Å². The molecule has 1 N–H and O–H groups in total. The van der Waals surface area contributed by atoms with E-state index in [1.54, 1.807) is 30.1 Å². The van der Waals surface area contributed by atoms with Crippen LogP contribution in [0.5, 0.6) is 11.8 Å². The average Bonchev–Trinajstić information content (AvgIpc) is 2.97. The highest BCUT2D eigenvalue weighted by Crippen LogP contribution is 2.19. The number of rotatable bonds is 4. The number of para-hydroxylation sites is 1. The summed E-state index contributed by atoms with van der Waals surface area (Å²) in [6.45, 7) is 1.66. The van der Waals surface area contributed by atoms with Gasteiger partial charge in [0.1, 0.15) is 12.1 Å².